The number of nitrogens with zero attached hydrogens (tertiary/aromatic N) is 3. The van der Waals surface area contributed by atoms with E-state index in [4.69, 9.17) is 4.74 Å². The zero-order valence-corrected chi connectivity index (χ0v) is 15.2. The summed E-state index contributed by atoms with van der Waals surface area (Å²) in [5.41, 5.74) is 0.335. The van der Waals surface area contributed by atoms with Crippen molar-refractivity contribution in [1.29, 1.82) is 0 Å². The second-order valence-electron chi connectivity index (χ2n) is 5.95. The first-order valence-corrected chi connectivity index (χ1v) is 9.93. The average molecular weight is 378 g/mol. The van der Waals surface area contributed by atoms with Crippen LogP contribution in [0.25, 0.3) is 0 Å². The van der Waals surface area contributed by atoms with Gasteiger partial charge in [-0.25, -0.2) is 13.4 Å². The van der Waals surface area contributed by atoms with Crippen molar-refractivity contribution in [3.8, 4) is 0 Å². The van der Waals surface area contributed by atoms with Crippen LogP contribution in [-0.4, -0.2) is 61.0 Å². The molecule has 0 unspecified atom stereocenters. The van der Waals surface area contributed by atoms with Crippen LogP contribution in [0.15, 0.2) is 47.9 Å². The second-order valence-corrected chi connectivity index (χ2v) is 7.89. The van der Waals surface area contributed by atoms with Crippen molar-refractivity contribution in [3.05, 3.63) is 48.5 Å². The fourth-order valence-corrected chi connectivity index (χ4v) is 4.17. The molecule has 0 aliphatic carbocycles. The van der Waals surface area contributed by atoms with Crippen LogP contribution >= 0.6 is 0 Å². The molecule has 1 aromatic heterocycles. The smallest absolute Gasteiger partial charge is 0.251 e. The van der Waals surface area contributed by atoms with Gasteiger partial charge in [-0.1, -0.05) is 6.07 Å². The third-order valence-corrected chi connectivity index (χ3v) is 6.04. The number of amides is 1. The van der Waals surface area contributed by atoms with Gasteiger partial charge in [0.2, 0.25) is 10.0 Å². The zero-order chi connectivity index (χ0) is 18.4. The minimum atomic E-state index is -3.61. The molecule has 2 heterocycles. The minimum absolute atomic E-state index is 0.130. The van der Waals surface area contributed by atoms with Gasteiger partial charge in [-0.15, -0.1) is 0 Å². The molecule has 3 rings (SSSR count). The molecule has 140 valence electrons. The molecule has 1 aliphatic heterocycles. The Kier molecular flexibility index (Phi) is 6.02. The van der Waals surface area contributed by atoms with E-state index < -0.39 is 10.0 Å². The standard InChI is InChI=1S/C17H22N4O4S/c22-17(19-5-2-7-20-8-6-18-14-20)15-3-1-4-16(13-15)26(23,24)21-9-11-25-12-10-21/h1,3-4,6,8,13-14H,2,5,7,9-12H2,(H,19,22). The largest absolute Gasteiger partial charge is 0.379 e. The Morgan fingerprint density at radius 1 is 1.27 bits per heavy atom. The van der Waals surface area contributed by atoms with E-state index in [2.05, 4.69) is 10.3 Å². The number of nitrogens with one attached hydrogen (secondary N) is 1. The SMILES string of the molecule is O=C(NCCCn1ccnc1)c1cccc(S(=O)(=O)N2CCOCC2)c1. The lowest BCUT2D eigenvalue weighted by atomic mass is 10.2. The maximum absolute atomic E-state index is 12.7. The number of carbonyl (C=O) groups excluding carboxylic acids is 1. The third kappa shape index (κ3) is 4.48. The zero-order valence-electron chi connectivity index (χ0n) is 14.4. The van der Waals surface area contributed by atoms with Crippen molar-refractivity contribution in [3.63, 3.8) is 0 Å². The lowest BCUT2D eigenvalue weighted by molar-refractivity contribution is 0.0730. The quantitative estimate of drug-likeness (QED) is 0.717. The van der Waals surface area contributed by atoms with Gasteiger partial charge >= 0.3 is 0 Å². The number of carbonyl (C=O) groups is 1. The monoisotopic (exact) mass is 378 g/mol. The molecule has 8 nitrogen and oxygen atoms in total. The Labute approximate surface area is 152 Å². The van der Waals surface area contributed by atoms with Gasteiger partial charge in [-0.2, -0.15) is 4.31 Å². The van der Waals surface area contributed by atoms with Crippen LogP contribution in [0.4, 0.5) is 0 Å². The number of aryl methyl sites for hydroxylation is 1. The average Bonchev–Trinajstić information content (AvgIpc) is 3.19. The summed E-state index contributed by atoms with van der Waals surface area (Å²) < 4.78 is 33.9. The third-order valence-electron chi connectivity index (χ3n) is 4.14. The summed E-state index contributed by atoms with van der Waals surface area (Å²) in [7, 11) is -3.61. The Morgan fingerprint density at radius 3 is 2.81 bits per heavy atom. The first-order chi connectivity index (χ1) is 12.6. The summed E-state index contributed by atoms with van der Waals surface area (Å²) in [5.74, 6) is -0.283. The molecular weight excluding hydrogens is 356 g/mol. The van der Waals surface area contributed by atoms with Crippen molar-refractivity contribution in [1.82, 2.24) is 19.2 Å². The van der Waals surface area contributed by atoms with Gasteiger partial charge in [-0.3, -0.25) is 4.79 Å². The van der Waals surface area contributed by atoms with Gasteiger partial charge < -0.3 is 14.6 Å². The maximum atomic E-state index is 12.7. The van der Waals surface area contributed by atoms with Crippen LogP contribution in [-0.2, 0) is 21.3 Å². The predicted molar refractivity (Wildman–Crippen MR) is 95.2 cm³/mol. The van der Waals surface area contributed by atoms with E-state index in [0.717, 1.165) is 13.0 Å². The number of hydrogen-bond donors (Lipinski definition) is 1. The highest BCUT2D eigenvalue weighted by Crippen LogP contribution is 2.18. The summed E-state index contributed by atoms with van der Waals surface area (Å²) in [4.78, 5) is 16.4. The van der Waals surface area contributed by atoms with Gasteiger partial charge in [0.15, 0.2) is 0 Å². The number of hydrogen-bond acceptors (Lipinski definition) is 5. The Bertz CT molecular complexity index is 830. The van der Waals surface area contributed by atoms with Crippen molar-refractivity contribution < 1.29 is 17.9 Å². The topological polar surface area (TPSA) is 93.5 Å². The molecule has 0 spiro atoms. The van der Waals surface area contributed by atoms with Crippen LogP contribution < -0.4 is 5.32 Å². The minimum Gasteiger partial charge on any atom is -0.379 e. The van der Waals surface area contributed by atoms with E-state index in [1.165, 1.54) is 16.4 Å². The van der Waals surface area contributed by atoms with E-state index in [1.807, 2.05) is 10.8 Å². The van der Waals surface area contributed by atoms with E-state index >= 15 is 0 Å². The molecule has 0 radical (unpaired) electrons. The van der Waals surface area contributed by atoms with E-state index in [1.54, 1.807) is 24.7 Å². The van der Waals surface area contributed by atoms with Crippen molar-refractivity contribution >= 4 is 15.9 Å². The molecule has 1 aliphatic rings. The number of imidazole rings is 1. The Balaban J connectivity index is 1.59. The second kappa shape index (κ2) is 8.43. The number of benzene rings is 1. The van der Waals surface area contributed by atoms with Gasteiger partial charge in [-0.05, 0) is 24.6 Å². The summed E-state index contributed by atoms with van der Waals surface area (Å²) in [5, 5.41) is 2.82. The van der Waals surface area contributed by atoms with Crippen molar-refractivity contribution in [2.45, 2.75) is 17.9 Å². The lowest BCUT2D eigenvalue weighted by Crippen LogP contribution is -2.40. The summed E-state index contributed by atoms with van der Waals surface area (Å²) in [6.45, 7) is 2.68. The van der Waals surface area contributed by atoms with E-state index in [9.17, 15) is 13.2 Å². The first kappa shape index (κ1) is 18.6. The number of ether oxygens (including phenoxy) is 1. The molecule has 2 aromatic rings. The van der Waals surface area contributed by atoms with Crippen molar-refractivity contribution in [2.24, 2.45) is 0 Å². The molecular formula is C17H22N4O4S. The normalized spacial score (nSPS) is 15.7. The van der Waals surface area contributed by atoms with Crippen LogP contribution in [0.3, 0.4) is 0 Å². The molecule has 9 heteroatoms. The molecule has 0 atom stereocenters. The molecule has 0 saturated carbocycles. The van der Waals surface area contributed by atoms with Gasteiger partial charge in [0, 0.05) is 44.1 Å². The highest BCUT2D eigenvalue weighted by molar-refractivity contribution is 7.89. The predicted octanol–water partition coefficient (Wildman–Crippen LogP) is 0.724. The van der Waals surface area contributed by atoms with E-state index in [0.29, 0.717) is 38.4 Å². The summed E-state index contributed by atoms with van der Waals surface area (Å²) in [6, 6.07) is 6.15. The first-order valence-electron chi connectivity index (χ1n) is 8.49. The molecule has 1 fully saturated rings. The van der Waals surface area contributed by atoms with Crippen LogP contribution in [0, 0.1) is 0 Å². The van der Waals surface area contributed by atoms with Gasteiger partial charge in [0.1, 0.15) is 0 Å². The fourth-order valence-electron chi connectivity index (χ4n) is 2.72. The highest BCUT2D eigenvalue weighted by Gasteiger charge is 2.26. The molecule has 1 amide bonds. The molecule has 1 saturated heterocycles. The summed E-state index contributed by atoms with van der Waals surface area (Å²) in [6.07, 6.45) is 6.05. The van der Waals surface area contributed by atoms with Crippen LogP contribution in [0.5, 0.6) is 0 Å². The maximum Gasteiger partial charge on any atom is 0.251 e. The Hall–Kier alpha value is -2.23. The Morgan fingerprint density at radius 2 is 2.08 bits per heavy atom. The number of morpholine rings is 1. The summed E-state index contributed by atoms with van der Waals surface area (Å²) >= 11 is 0. The molecule has 1 N–H and O–H groups in total. The fraction of sp³-hybridized carbons (Fsp3) is 0.412. The highest BCUT2D eigenvalue weighted by atomic mass is 32.2. The number of rotatable bonds is 7. The number of aromatic nitrogens is 2. The van der Waals surface area contributed by atoms with Crippen molar-refractivity contribution in [2.75, 3.05) is 32.8 Å². The van der Waals surface area contributed by atoms with Crippen LogP contribution in [0.2, 0.25) is 0 Å². The van der Waals surface area contributed by atoms with Crippen LogP contribution in [0.1, 0.15) is 16.8 Å². The van der Waals surface area contributed by atoms with Gasteiger partial charge in [0.05, 0.1) is 24.4 Å². The molecule has 1 aromatic carbocycles. The van der Waals surface area contributed by atoms with E-state index in [-0.39, 0.29) is 10.8 Å². The molecule has 26 heavy (non-hydrogen) atoms. The molecule has 0 bridgehead atoms. The number of sulfonamides is 1. The lowest BCUT2D eigenvalue weighted by Gasteiger charge is -2.26. The van der Waals surface area contributed by atoms with Gasteiger partial charge in [0.25, 0.3) is 5.91 Å².